The summed E-state index contributed by atoms with van der Waals surface area (Å²) in [5, 5.41) is 9.65. The van der Waals surface area contributed by atoms with Gasteiger partial charge in [0.05, 0.1) is 37.4 Å². The predicted molar refractivity (Wildman–Crippen MR) is 218 cm³/mol. The minimum atomic E-state index is -1.18. The standard InChI is InChI=1S/C46H66N4O7/c1-27(2)38-30(51)24-46(33-23-36(52)50(49(33)22-21-47)35-14-11-28(56-10)26-48-35)20-19-44(8)29(39(38)46)12-13-32-43(7)17-16-34(57-37(53)25-41(3,4)40(54)55)42(5,6)31(43)15-18-45(32,44)9/h11,14,23,26-27,29,31-32,34H,12-13,15-22,24-25,47H2,1-10H3,(H,54,55)/t29-,31+,32-,34+,43+,44-,45-,46+/m1/s1. The van der Waals surface area contributed by atoms with Crippen molar-refractivity contribution in [1.29, 1.82) is 0 Å². The second-order valence-corrected chi connectivity index (χ2v) is 20.6. The summed E-state index contributed by atoms with van der Waals surface area (Å²) in [4.78, 5) is 58.1. The van der Waals surface area contributed by atoms with Gasteiger partial charge in [-0.25, -0.2) is 4.98 Å². The van der Waals surface area contributed by atoms with Crippen molar-refractivity contribution in [2.24, 2.45) is 56.5 Å². The number of Topliss-reactive ketones (excluding diaryl/α,β-unsaturated/α-hetero) is 1. The highest BCUT2D eigenvalue weighted by Crippen LogP contribution is 2.77. The fourth-order valence-corrected chi connectivity index (χ4v) is 13.8. The van der Waals surface area contributed by atoms with Gasteiger partial charge < -0.3 is 20.3 Å². The normalized spacial score (nSPS) is 34.6. The minimum Gasteiger partial charge on any atom is -0.495 e. The number of carboxylic acids is 1. The molecule has 0 aliphatic heterocycles. The Morgan fingerprint density at radius 2 is 1.70 bits per heavy atom. The number of aromatic nitrogens is 3. The van der Waals surface area contributed by atoms with Crippen LogP contribution in [0.3, 0.4) is 0 Å². The largest absolute Gasteiger partial charge is 0.495 e. The number of pyridine rings is 1. The Hall–Kier alpha value is -3.73. The maximum Gasteiger partial charge on any atom is 0.309 e. The molecule has 2 aromatic heterocycles. The molecule has 3 N–H and O–H groups in total. The molecule has 0 aromatic carbocycles. The zero-order chi connectivity index (χ0) is 41.7. The molecule has 4 saturated carbocycles. The van der Waals surface area contributed by atoms with Gasteiger partial charge >= 0.3 is 11.9 Å². The molecule has 11 nitrogen and oxygen atoms in total. The van der Waals surface area contributed by atoms with Crippen LogP contribution in [-0.4, -0.2) is 56.9 Å². The number of ketones is 1. The number of nitrogens with zero attached hydrogens (tertiary/aromatic N) is 3. The van der Waals surface area contributed by atoms with Crippen LogP contribution in [0, 0.1) is 50.7 Å². The lowest BCUT2D eigenvalue weighted by Crippen LogP contribution is -2.66. The summed E-state index contributed by atoms with van der Waals surface area (Å²) in [6, 6.07) is 5.36. The first-order valence-electron chi connectivity index (χ1n) is 21.4. The summed E-state index contributed by atoms with van der Waals surface area (Å²) >= 11 is 0. The van der Waals surface area contributed by atoms with Gasteiger partial charge in [-0.15, -0.1) is 0 Å². The summed E-state index contributed by atoms with van der Waals surface area (Å²) in [6.07, 6.45) is 9.07. The fourth-order valence-electron chi connectivity index (χ4n) is 13.8. The van der Waals surface area contributed by atoms with E-state index in [1.807, 2.05) is 4.68 Å². The molecule has 0 spiro atoms. The monoisotopic (exact) mass is 786 g/mol. The van der Waals surface area contributed by atoms with E-state index in [1.54, 1.807) is 50.0 Å². The third-order valence-corrected chi connectivity index (χ3v) is 16.8. The fraction of sp³-hybridized carbons (Fsp3) is 0.717. The second-order valence-electron chi connectivity index (χ2n) is 20.6. The van der Waals surface area contributed by atoms with Crippen molar-refractivity contribution in [3.8, 4) is 11.6 Å². The summed E-state index contributed by atoms with van der Waals surface area (Å²) in [6.45, 7) is 20.3. The van der Waals surface area contributed by atoms with Crippen molar-refractivity contribution >= 4 is 17.7 Å². The van der Waals surface area contributed by atoms with Gasteiger partial charge in [0.2, 0.25) is 0 Å². The van der Waals surface area contributed by atoms with Crippen LogP contribution in [0.5, 0.6) is 5.75 Å². The van der Waals surface area contributed by atoms with Crippen LogP contribution in [0.2, 0.25) is 0 Å². The number of ether oxygens (including phenoxy) is 2. The molecule has 0 bridgehead atoms. The molecule has 8 atom stereocenters. The average molecular weight is 787 g/mol. The van der Waals surface area contributed by atoms with E-state index < -0.39 is 22.8 Å². The number of aliphatic carboxylic acids is 1. The Morgan fingerprint density at radius 3 is 2.32 bits per heavy atom. The lowest BCUT2D eigenvalue weighted by atomic mass is 9.33. The Bertz CT molecular complexity index is 2040. The molecule has 0 amide bonds. The number of methoxy groups -OCH3 is 1. The predicted octanol–water partition coefficient (Wildman–Crippen LogP) is 7.65. The lowest BCUT2D eigenvalue weighted by molar-refractivity contribution is -0.232. The number of esters is 1. The van der Waals surface area contributed by atoms with Crippen LogP contribution in [0.1, 0.15) is 132 Å². The van der Waals surface area contributed by atoms with E-state index in [4.69, 9.17) is 15.2 Å². The van der Waals surface area contributed by atoms with Crippen molar-refractivity contribution < 1.29 is 29.0 Å². The number of hydrogen-bond acceptors (Lipinski definition) is 8. The van der Waals surface area contributed by atoms with Gasteiger partial charge in [-0.3, -0.25) is 23.9 Å². The lowest BCUT2D eigenvalue weighted by Gasteiger charge is -2.72. The number of nitrogens with two attached hydrogens (primary N) is 1. The summed E-state index contributed by atoms with van der Waals surface area (Å²) < 4.78 is 15.2. The van der Waals surface area contributed by atoms with E-state index >= 15 is 0 Å². The number of allylic oxidation sites excluding steroid dienone is 2. The Balaban J connectivity index is 1.26. The van der Waals surface area contributed by atoms with E-state index in [9.17, 15) is 24.3 Å². The van der Waals surface area contributed by atoms with Crippen LogP contribution in [0.15, 0.2) is 40.3 Å². The number of carbonyl (C=O) groups is 3. The van der Waals surface area contributed by atoms with Crippen LogP contribution < -0.4 is 16.0 Å². The van der Waals surface area contributed by atoms with Gasteiger partial charge in [0, 0.05) is 29.9 Å². The Kier molecular flexibility index (Phi) is 10.1. The van der Waals surface area contributed by atoms with E-state index in [-0.39, 0.29) is 57.4 Å². The third kappa shape index (κ3) is 6.01. The third-order valence-electron chi connectivity index (χ3n) is 16.8. The average Bonchev–Trinajstić information content (AvgIpc) is 3.63. The summed E-state index contributed by atoms with van der Waals surface area (Å²) in [5.74, 6) is 0.874. The maximum absolute atomic E-state index is 14.5. The van der Waals surface area contributed by atoms with Crippen LogP contribution >= 0.6 is 0 Å². The molecular weight excluding hydrogens is 721 g/mol. The topological polar surface area (TPSA) is 156 Å². The van der Waals surface area contributed by atoms with Crippen LogP contribution in [0.4, 0.5) is 0 Å². The molecule has 57 heavy (non-hydrogen) atoms. The van der Waals surface area contributed by atoms with Crippen molar-refractivity contribution in [2.45, 2.75) is 145 Å². The highest BCUT2D eigenvalue weighted by molar-refractivity contribution is 6.01. The number of carbonyl (C=O) groups excluding carboxylic acids is 2. The molecule has 312 valence electrons. The molecule has 7 rings (SSSR count). The molecular formula is C46H66N4O7. The highest BCUT2D eigenvalue weighted by atomic mass is 16.5. The van der Waals surface area contributed by atoms with Crippen molar-refractivity contribution in [1.82, 2.24) is 14.3 Å². The molecule has 4 fully saturated rings. The molecule has 5 aliphatic rings. The first kappa shape index (κ1) is 41.4. The molecule has 2 aromatic rings. The molecule has 0 radical (unpaired) electrons. The van der Waals surface area contributed by atoms with E-state index in [0.29, 0.717) is 42.9 Å². The van der Waals surface area contributed by atoms with Crippen LogP contribution in [0.25, 0.3) is 5.82 Å². The number of hydrogen-bond donors (Lipinski definition) is 2. The summed E-state index contributed by atoms with van der Waals surface area (Å²) in [5.41, 5.74) is 7.07. The molecule has 0 unspecified atom stereocenters. The Labute approximate surface area is 338 Å². The number of rotatable bonds is 10. The number of carboxylic acid groups (broad SMARTS) is 1. The van der Waals surface area contributed by atoms with Gasteiger partial charge in [-0.05, 0) is 128 Å². The van der Waals surface area contributed by atoms with Gasteiger partial charge in [0.1, 0.15) is 11.9 Å². The zero-order valence-electron chi connectivity index (χ0n) is 36.0. The molecule has 5 aliphatic carbocycles. The van der Waals surface area contributed by atoms with Gasteiger partial charge in [0.25, 0.3) is 5.56 Å². The van der Waals surface area contributed by atoms with E-state index in [1.165, 1.54) is 5.57 Å². The van der Waals surface area contributed by atoms with Crippen molar-refractivity contribution in [3.05, 3.63) is 51.6 Å². The smallest absolute Gasteiger partial charge is 0.309 e. The quantitative estimate of drug-likeness (QED) is 0.231. The first-order valence-corrected chi connectivity index (χ1v) is 21.4. The van der Waals surface area contributed by atoms with E-state index in [0.717, 1.165) is 62.6 Å². The van der Waals surface area contributed by atoms with Crippen LogP contribution in [-0.2, 0) is 31.1 Å². The zero-order valence-corrected chi connectivity index (χ0v) is 36.0. The molecule has 0 saturated heterocycles. The molecule has 11 heteroatoms. The van der Waals surface area contributed by atoms with Gasteiger partial charge in [0.15, 0.2) is 11.6 Å². The van der Waals surface area contributed by atoms with Gasteiger partial charge in [-0.2, -0.15) is 4.68 Å². The minimum absolute atomic E-state index is 0.00493. The van der Waals surface area contributed by atoms with E-state index in [2.05, 4.69) is 53.5 Å². The maximum atomic E-state index is 14.5. The van der Waals surface area contributed by atoms with Crippen molar-refractivity contribution in [3.63, 3.8) is 0 Å². The first-order chi connectivity index (χ1) is 26.6. The molecule has 2 heterocycles. The number of fused-ring (bicyclic) bond motifs is 7. The van der Waals surface area contributed by atoms with Crippen molar-refractivity contribution in [2.75, 3.05) is 13.7 Å². The Morgan fingerprint density at radius 1 is 0.982 bits per heavy atom. The highest BCUT2D eigenvalue weighted by Gasteiger charge is 2.70. The summed E-state index contributed by atoms with van der Waals surface area (Å²) in [7, 11) is 1.59. The second kappa shape index (κ2) is 13.9. The SMILES string of the molecule is COc1ccc(-n2c(=O)cc([C@@]34CC[C@]5(C)[C@H](CC[C@@H]6[C@@]7(C)CC[C@H](OC(=O)CC(C)(C)C(=O)O)C(C)(C)[C@@H]7CC[C@]65C)C3=C(C(C)C)C(=O)C4)n2CCN)nc1. The van der Waals surface area contributed by atoms with Gasteiger partial charge in [-0.1, -0.05) is 48.5 Å².